The van der Waals surface area contributed by atoms with Gasteiger partial charge in [-0.2, -0.15) is 0 Å². The zero-order chi connectivity index (χ0) is 12.6. The number of rotatable bonds is 7. The van der Waals surface area contributed by atoms with Crippen LogP contribution in [0.25, 0.3) is 0 Å². The zero-order valence-electron chi connectivity index (χ0n) is 9.52. The highest BCUT2D eigenvalue weighted by atomic mass is 16.5. The summed E-state index contributed by atoms with van der Waals surface area (Å²) in [7, 11) is 1.26. The summed E-state index contributed by atoms with van der Waals surface area (Å²) in [6.07, 6.45) is 0.417. The van der Waals surface area contributed by atoms with Crippen LogP contribution in [0.5, 0.6) is 0 Å². The van der Waals surface area contributed by atoms with Gasteiger partial charge in [-0.15, -0.1) is 0 Å². The van der Waals surface area contributed by atoms with E-state index < -0.39 is 18.0 Å². The molecule has 0 aliphatic heterocycles. The van der Waals surface area contributed by atoms with E-state index in [2.05, 4.69) is 4.74 Å². The van der Waals surface area contributed by atoms with Gasteiger partial charge in [0.2, 0.25) is 0 Å². The van der Waals surface area contributed by atoms with Crippen molar-refractivity contribution in [2.45, 2.75) is 32.2 Å². The SMILES string of the molecule is COC(=O)CCC(N)C(=O)OCCC(C)=O. The van der Waals surface area contributed by atoms with Crippen LogP contribution in [0.2, 0.25) is 0 Å². The van der Waals surface area contributed by atoms with E-state index in [0.717, 1.165) is 0 Å². The summed E-state index contributed by atoms with van der Waals surface area (Å²) < 4.78 is 9.15. The van der Waals surface area contributed by atoms with E-state index in [9.17, 15) is 14.4 Å². The molecular formula is C10H17NO5. The summed E-state index contributed by atoms with van der Waals surface area (Å²) in [4.78, 5) is 32.5. The maximum absolute atomic E-state index is 11.2. The minimum atomic E-state index is -0.856. The van der Waals surface area contributed by atoms with E-state index in [4.69, 9.17) is 10.5 Å². The van der Waals surface area contributed by atoms with Gasteiger partial charge in [0.15, 0.2) is 0 Å². The van der Waals surface area contributed by atoms with Crippen LogP contribution in [0.3, 0.4) is 0 Å². The Morgan fingerprint density at radius 2 is 1.88 bits per heavy atom. The minimum Gasteiger partial charge on any atom is -0.469 e. The van der Waals surface area contributed by atoms with Crippen molar-refractivity contribution in [1.82, 2.24) is 0 Å². The summed E-state index contributed by atoms with van der Waals surface area (Å²) in [6.45, 7) is 1.44. The van der Waals surface area contributed by atoms with Crippen LogP contribution in [0.4, 0.5) is 0 Å². The fourth-order valence-corrected chi connectivity index (χ4v) is 0.896. The van der Waals surface area contributed by atoms with Crippen molar-refractivity contribution in [1.29, 1.82) is 0 Å². The lowest BCUT2D eigenvalue weighted by Gasteiger charge is -2.10. The highest BCUT2D eigenvalue weighted by molar-refractivity contribution is 5.78. The molecule has 0 amide bonds. The number of nitrogens with two attached hydrogens (primary N) is 1. The van der Waals surface area contributed by atoms with Crippen LogP contribution < -0.4 is 5.73 Å². The van der Waals surface area contributed by atoms with E-state index >= 15 is 0 Å². The summed E-state index contributed by atoms with van der Waals surface area (Å²) in [5, 5.41) is 0. The minimum absolute atomic E-state index is 0.0279. The molecule has 1 atom stereocenters. The lowest BCUT2D eigenvalue weighted by atomic mass is 10.2. The Bertz CT molecular complexity index is 264. The van der Waals surface area contributed by atoms with E-state index in [1.807, 2.05) is 0 Å². The zero-order valence-corrected chi connectivity index (χ0v) is 9.52. The van der Waals surface area contributed by atoms with Crippen molar-refractivity contribution in [2.75, 3.05) is 13.7 Å². The number of Topliss-reactive ketones (excluding diaryl/α,β-unsaturated/α-hetero) is 1. The average Bonchev–Trinajstić information content (AvgIpc) is 2.24. The third kappa shape index (κ3) is 6.94. The molecule has 6 heteroatoms. The van der Waals surface area contributed by atoms with Crippen LogP contribution >= 0.6 is 0 Å². The predicted octanol–water partition coefficient (Wildman–Crippen LogP) is -0.211. The van der Waals surface area contributed by atoms with Crippen molar-refractivity contribution in [3.63, 3.8) is 0 Å². The second-order valence-corrected chi connectivity index (χ2v) is 3.34. The van der Waals surface area contributed by atoms with Crippen LogP contribution in [0.1, 0.15) is 26.2 Å². The molecule has 0 heterocycles. The first kappa shape index (κ1) is 14.6. The van der Waals surface area contributed by atoms with Crippen molar-refractivity contribution in [3.8, 4) is 0 Å². The molecule has 16 heavy (non-hydrogen) atoms. The van der Waals surface area contributed by atoms with Crippen molar-refractivity contribution < 1.29 is 23.9 Å². The van der Waals surface area contributed by atoms with Gasteiger partial charge in [0.25, 0.3) is 0 Å². The molecule has 0 fully saturated rings. The lowest BCUT2D eigenvalue weighted by Crippen LogP contribution is -2.33. The highest BCUT2D eigenvalue weighted by Gasteiger charge is 2.16. The van der Waals surface area contributed by atoms with Crippen molar-refractivity contribution in [3.05, 3.63) is 0 Å². The molecule has 2 N–H and O–H groups in total. The van der Waals surface area contributed by atoms with Gasteiger partial charge in [-0.25, -0.2) is 0 Å². The van der Waals surface area contributed by atoms with Crippen LogP contribution in [-0.4, -0.2) is 37.5 Å². The predicted molar refractivity (Wildman–Crippen MR) is 55.5 cm³/mol. The molecule has 1 unspecified atom stereocenters. The molecule has 0 aliphatic carbocycles. The van der Waals surface area contributed by atoms with Crippen LogP contribution in [0, 0.1) is 0 Å². The molecule has 0 aromatic rings. The third-order valence-electron chi connectivity index (χ3n) is 1.89. The van der Waals surface area contributed by atoms with Gasteiger partial charge in [-0.05, 0) is 13.3 Å². The van der Waals surface area contributed by atoms with Gasteiger partial charge in [0.05, 0.1) is 13.7 Å². The maximum Gasteiger partial charge on any atom is 0.322 e. The van der Waals surface area contributed by atoms with Gasteiger partial charge in [0, 0.05) is 12.8 Å². The summed E-state index contributed by atoms with van der Waals surface area (Å²) in [5.41, 5.74) is 5.47. The maximum atomic E-state index is 11.2. The molecule has 6 nitrogen and oxygen atoms in total. The fourth-order valence-electron chi connectivity index (χ4n) is 0.896. The van der Waals surface area contributed by atoms with Crippen LogP contribution in [0.15, 0.2) is 0 Å². The number of carbonyl (C=O) groups is 3. The largest absolute Gasteiger partial charge is 0.469 e. The number of ketones is 1. The Morgan fingerprint density at radius 1 is 1.25 bits per heavy atom. The normalized spacial score (nSPS) is 11.7. The van der Waals surface area contributed by atoms with Gasteiger partial charge in [0.1, 0.15) is 11.8 Å². The molecule has 0 aliphatic rings. The molecule has 92 valence electrons. The molecule has 0 rings (SSSR count). The van der Waals surface area contributed by atoms with E-state index in [1.165, 1.54) is 14.0 Å². The van der Waals surface area contributed by atoms with E-state index in [-0.39, 0.29) is 31.7 Å². The number of methoxy groups -OCH3 is 1. The van der Waals surface area contributed by atoms with Crippen molar-refractivity contribution >= 4 is 17.7 Å². The average molecular weight is 231 g/mol. The smallest absolute Gasteiger partial charge is 0.322 e. The van der Waals surface area contributed by atoms with Gasteiger partial charge < -0.3 is 15.2 Å². The quantitative estimate of drug-likeness (QED) is 0.609. The molecule has 0 bridgehead atoms. The first-order valence-electron chi connectivity index (χ1n) is 4.95. The van der Waals surface area contributed by atoms with E-state index in [0.29, 0.717) is 0 Å². The van der Waals surface area contributed by atoms with Gasteiger partial charge >= 0.3 is 11.9 Å². The summed E-state index contributed by atoms with van der Waals surface area (Å²) >= 11 is 0. The molecule has 0 aromatic carbocycles. The Kier molecular flexibility index (Phi) is 7.11. The topological polar surface area (TPSA) is 95.7 Å². The molecule has 0 radical (unpaired) electrons. The first-order chi connectivity index (χ1) is 7.47. The highest BCUT2D eigenvalue weighted by Crippen LogP contribution is 1.99. The molecule has 0 saturated heterocycles. The molecular weight excluding hydrogens is 214 g/mol. The molecule has 0 spiro atoms. The van der Waals surface area contributed by atoms with Gasteiger partial charge in [-0.3, -0.25) is 14.4 Å². The summed E-state index contributed by atoms with van der Waals surface area (Å²) in [6, 6.07) is -0.856. The van der Waals surface area contributed by atoms with Crippen molar-refractivity contribution in [2.24, 2.45) is 5.73 Å². The Labute approximate surface area is 94.1 Å². The number of esters is 2. The number of ether oxygens (including phenoxy) is 2. The molecule has 0 aromatic heterocycles. The van der Waals surface area contributed by atoms with Gasteiger partial charge in [-0.1, -0.05) is 0 Å². The first-order valence-corrected chi connectivity index (χ1v) is 4.95. The molecule has 0 saturated carbocycles. The number of hydrogen-bond acceptors (Lipinski definition) is 6. The second kappa shape index (κ2) is 7.81. The standard InChI is InChI=1S/C10H17NO5/c1-7(12)5-6-16-10(14)8(11)3-4-9(13)15-2/h8H,3-6,11H2,1-2H3. The Balaban J connectivity index is 3.73. The monoisotopic (exact) mass is 231 g/mol. The Morgan fingerprint density at radius 3 is 2.38 bits per heavy atom. The number of hydrogen-bond donors (Lipinski definition) is 1. The second-order valence-electron chi connectivity index (χ2n) is 3.34. The third-order valence-corrected chi connectivity index (χ3v) is 1.89. The van der Waals surface area contributed by atoms with E-state index in [1.54, 1.807) is 0 Å². The lowest BCUT2D eigenvalue weighted by molar-refractivity contribution is -0.146. The Hall–Kier alpha value is -1.43. The number of carbonyl (C=O) groups excluding carboxylic acids is 3. The van der Waals surface area contributed by atoms with Crippen LogP contribution in [-0.2, 0) is 23.9 Å². The fraction of sp³-hybridized carbons (Fsp3) is 0.700. The summed E-state index contributed by atoms with van der Waals surface area (Å²) in [5.74, 6) is -1.09.